The zero-order valence-electron chi connectivity index (χ0n) is 21.0. The average molecular weight is 538 g/mol. The number of pyridine rings is 1. The number of amides is 1. The molecule has 2 aromatic carbocycles. The van der Waals surface area contributed by atoms with Crippen molar-refractivity contribution < 1.29 is 13.2 Å². The van der Waals surface area contributed by atoms with E-state index in [9.17, 15) is 13.2 Å². The summed E-state index contributed by atoms with van der Waals surface area (Å²) in [7, 11) is -4.04. The van der Waals surface area contributed by atoms with Crippen LogP contribution in [0, 0.1) is 20.8 Å². The summed E-state index contributed by atoms with van der Waals surface area (Å²) in [5, 5.41) is 0.653. The Bertz CT molecular complexity index is 1610. The van der Waals surface area contributed by atoms with Crippen LogP contribution in [0.2, 0.25) is 5.02 Å². The van der Waals surface area contributed by atoms with Gasteiger partial charge in [0.05, 0.1) is 11.4 Å². The third-order valence-electron chi connectivity index (χ3n) is 6.71. The fraction of sp³-hybridized carbons (Fsp3) is 0.296. The van der Waals surface area contributed by atoms with Crippen LogP contribution in [-0.4, -0.2) is 41.9 Å². The Kier molecular flexibility index (Phi) is 6.68. The Hall–Kier alpha value is -3.43. The molecule has 0 spiro atoms. The molecule has 2 aromatic heterocycles. The number of carbonyl (C=O) groups excluding carboxylic acids is 1. The van der Waals surface area contributed by atoms with Gasteiger partial charge in [-0.1, -0.05) is 35.4 Å². The normalized spacial score (nSPS) is 13.9. The van der Waals surface area contributed by atoms with Crippen molar-refractivity contribution in [1.29, 1.82) is 0 Å². The van der Waals surface area contributed by atoms with Crippen LogP contribution in [0.3, 0.4) is 0 Å². The summed E-state index contributed by atoms with van der Waals surface area (Å²) in [6, 6.07) is 13.9. The van der Waals surface area contributed by atoms with E-state index in [2.05, 4.69) is 25.7 Å². The van der Waals surface area contributed by atoms with Crippen molar-refractivity contribution in [3.8, 4) is 0 Å². The molecule has 192 valence electrons. The number of sulfonamides is 1. The van der Waals surface area contributed by atoms with E-state index in [0.717, 1.165) is 41.3 Å². The minimum Gasteiger partial charge on any atom is -0.371 e. The minimum absolute atomic E-state index is 0.00249. The molecule has 1 fully saturated rings. The second kappa shape index (κ2) is 9.79. The number of anilines is 1. The lowest BCUT2D eigenvalue weighted by molar-refractivity contribution is 0.0976. The zero-order chi connectivity index (χ0) is 26.3. The molecule has 0 aliphatic carbocycles. The molecule has 1 aliphatic rings. The topological polar surface area (TPSA) is 97.2 Å². The van der Waals surface area contributed by atoms with Gasteiger partial charge in [-0.3, -0.25) is 4.79 Å². The van der Waals surface area contributed by atoms with E-state index in [1.165, 1.54) is 25.0 Å². The number of hydrogen-bond donors (Lipinski definition) is 1. The number of aryl methyl sites for hydroxylation is 3. The van der Waals surface area contributed by atoms with Crippen molar-refractivity contribution in [2.24, 2.45) is 0 Å². The third kappa shape index (κ3) is 5.06. The maximum absolute atomic E-state index is 13.0. The largest absolute Gasteiger partial charge is 0.371 e. The van der Waals surface area contributed by atoms with Crippen LogP contribution in [-0.2, 0) is 16.6 Å². The van der Waals surface area contributed by atoms with Gasteiger partial charge < -0.3 is 9.47 Å². The van der Waals surface area contributed by atoms with Gasteiger partial charge in [-0.15, -0.1) is 0 Å². The molecule has 0 saturated carbocycles. The number of halogens is 1. The number of hydrogen-bond acceptors (Lipinski definition) is 6. The Balaban J connectivity index is 1.45. The van der Waals surface area contributed by atoms with E-state index in [-0.39, 0.29) is 10.6 Å². The van der Waals surface area contributed by atoms with Gasteiger partial charge in [0.2, 0.25) is 0 Å². The molecule has 4 aromatic rings. The molecular formula is C27H28ClN5O3S. The molecule has 0 atom stereocenters. The van der Waals surface area contributed by atoms with Gasteiger partial charge in [0.15, 0.2) is 5.65 Å². The van der Waals surface area contributed by atoms with Gasteiger partial charge in [0.25, 0.3) is 15.9 Å². The monoisotopic (exact) mass is 537 g/mol. The van der Waals surface area contributed by atoms with Crippen LogP contribution >= 0.6 is 11.6 Å². The fourth-order valence-electron chi connectivity index (χ4n) is 4.61. The fourth-order valence-corrected chi connectivity index (χ4v) is 5.81. The first-order valence-corrected chi connectivity index (χ1v) is 14.0. The predicted molar refractivity (Wildman–Crippen MR) is 145 cm³/mol. The number of aromatic nitrogens is 3. The zero-order valence-corrected chi connectivity index (χ0v) is 22.5. The van der Waals surface area contributed by atoms with E-state index in [4.69, 9.17) is 11.6 Å². The number of nitrogens with zero attached hydrogens (tertiary/aromatic N) is 4. The maximum Gasteiger partial charge on any atom is 0.283 e. The number of fused-ring (bicyclic) bond motifs is 1. The first-order chi connectivity index (χ1) is 17.6. The molecule has 1 aliphatic heterocycles. The summed E-state index contributed by atoms with van der Waals surface area (Å²) < 4.78 is 29.5. The molecule has 0 radical (unpaired) electrons. The first-order valence-electron chi connectivity index (χ1n) is 12.1. The molecule has 10 heteroatoms. The summed E-state index contributed by atoms with van der Waals surface area (Å²) in [5.74, 6) is -0.0842. The average Bonchev–Trinajstić information content (AvgIpc) is 3.49. The summed E-state index contributed by atoms with van der Waals surface area (Å²) >= 11 is 6.67. The van der Waals surface area contributed by atoms with Crippen LogP contribution in [0.15, 0.2) is 53.4 Å². The highest BCUT2D eigenvalue weighted by molar-refractivity contribution is 7.90. The third-order valence-corrected chi connectivity index (χ3v) is 8.41. The van der Waals surface area contributed by atoms with Crippen LogP contribution in [0.5, 0.6) is 0 Å². The highest BCUT2D eigenvalue weighted by Crippen LogP contribution is 2.28. The molecule has 1 N–H and O–H groups in total. The van der Waals surface area contributed by atoms with Gasteiger partial charge in [0.1, 0.15) is 17.0 Å². The molecule has 0 bridgehead atoms. The predicted octanol–water partition coefficient (Wildman–Crippen LogP) is 4.78. The number of imidazole rings is 1. The molecule has 0 unspecified atom stereocenters. The number of benzene rings is 2. The summed E-state index contributed by atoms with van der Waals surface area (Å²) in [4.78, 5) is 24.5. The lowest BCUT2D eigenvalue weighted by atomic mass is 10.2. The van der Waals surface area contributed by atoms with E-state index < -0.39 is 15.9 Å². The molecule has 37 heavy (non-hydrogen) atoms. The van der Waals surface area contributed by atoms with Gasteiger partial charge in [0, 0.05) is 23.8 Å². The smallest absolute Gasteiger partial charge is 0.283 e. The number of nitrogens with one attached hydrogen (secondary N) is 1. The summed E-state index contributed by atoms with van der Waals surface area (Å²) in [5.41, 5.74) is 4.81. The molecule has 5 rings (SSSR count). The highest BCUT2D eigenvalue weighted by Gasteiger charge is 2.22. The van der Waals surface area contributed by atoms with Crippen molar-refractivity contribution in [3.63, 3.8) is 0 Å². The lowest BCUT2D eigenvalue weighted by Crippen LogP contribution is -2.31. The van der Waals surface area contributed by atoms with Crippen LogP contribution < -0.4 is 9.62 Å². The van der Waals surface area contributed by atoms with E-state index in [0.29, 0.717) is 22.7 Å². The highest BCUT2D eigenvalue weighted by atomic mass is 35.5. The quantitative estimate of drug-likeness (QED) is 0.380. The molecule has 3 heterocycles. The second-order valence-corrected chi connectivity index (χ2v) is 11.5. The van der Waals surface area contributed by atoms with Crippen LogP contribution in [0.1, 0.15) is 45.8 Å². The Labute approximate surface area is 221 Å². The van der Waals surface area contributed by atoms with Crippen LogP contribution in [0.4, 0.5) is 5.69 Å². The van der Waals surface area contributed by atoms with Gasteiger partial charge in [-0.2, -0.15) is 0 Å². The van der Waals surface area contributed by atoms with Gasteiger partial charge >= 0.3 is 0 Å². The van der Waals surface area contributed by atoms with Gasteiger partial charge in [-0.25, -0.2) is 23.1 Å². The van der Waals surface area contributed by atoms with Crippen molar-refractivity contribution >= 4 is 44.4 Å². The summed E-state index contributed by atoms with van der Waals surface area (Å²) in [6.07, 6.45) is 2.37. The van der Waals surface area contributed by atoms with E-state index in [1.807, 2.05) is 37.5 Å². The van der Waals surface area contributed by atoms with Crippen LogP contribution in [0.25, 0.3) is 11.2 Å². The lowest BCUT2D eigenvalue weighted by Gasteiger charge is -2.19. The van der Waals surface area contributed by atoms with E-state index in [1.54, 1.807) is 18.2 Å². The van der Waals surface area contributed by atoms with Crippen molar-refractivity contribution in [3.05, 3.63) is 81.8 Å². The second-order valence-electron chi connectivity index (χ2n) is 9.46. The molecular weight excluding hydrogens is 510 g/mol. The molecule has 1 amide bonds. The SMILES string of the molecule is Cc1ccc(S(=O)(=O)NC(=O)c2cc(C)c3nc(C)n(Cc4ccc(N5CCCC5)cc4Cl)c3n2)cc1. The van der Waals surface area contributed by atoms with E-state index >= 15 is 0 Å². The summed E-state index contributed by atoms with van der Waals surface area (Å²) in [6.45, 7) is 8.04. The molecule has 8 nitrogen and oxygen atoms in total. The Morgan fingerprint density at radius 1 is 1.00 bits per heavy atom. The van der Waals surface area contributed by atoms with Crippen molar-refractivity contribution in [2.45, 2.75) is 45.1 Å². The van der Waals surface area contributed by atoms with Crippen molar-refractivity contribution in [2.75, 3.05) is 18.0 Å². The minimum atomic E-state index is -4.04. The maximum atomic E-state index is 13.0. The van der Waals surface area contributed by atoms with Gasteiger partial charge in [-0.05, 0) is 75.1 Å². The number of carbonyl (C=O) groups is 1. The standard InChI is InChI=1S/C27H28ClN5O3S/c1-17-6-10-22(11-7-17)37(35,36)31-27(34)24-14-18(2)25-26(30-24)33(19(3)29-25)16-20-8-9-21(15-23(20)28)32-12-4-5-13-32/h6-11,14-15H,4-5,12-13,16H2,1-3H3,(H,31,34). The Morgan fingerprint density at radius 2 is 1.70 bits per heavy atom. The number of rotatable bonds is 6. The molecule has 1 saturated heterocycles. The first kappa shape index (κ1) is 25.2. The van der Waals surface area contributed by atoms with Crippen molar-refractivity contribution in [1.82, 2.24) is 19.3 Å². The Morgan fingerprint density at radius 3 is 2.38 bits per heavy atom.